The van der Waals surface area contributed by atoms with Crippen molar-refractivity contribution in [2.75, 3.05) is 78.2 Å². The average Bonchev–Trinajstić information content (AvgIpc) is 2.91. The molecule has 2 aromatic rings. The predicted octanol–water partition coefficient (Wildman–Crippen LogP) is 4.28. The monoisotopic (exact) mass is 574 g/mol. The third-order valence-corrected chi connectivity index (χ3v) is 6.32. The standard InChI is InChI=1S/C13H16ClNO3.C7H5ClO2.C6H12ClNO/c14-13-9-12(2-1-11(13)10-16)18-8-5-15-3-6-17-7-4-15;8-7-3-6(10)2-1-5(7)4-9;7-1-2-8-3-5-9-6-4-8/h1-2,9-10H,3-8H2;1-4,10H;1-6H2. The van der Waals surface area contributed by atoms with Crippen molar-refractivity contribution < 1.29 is 28.9 Å². The molecule has 0 aromatic heterocycles. The Morgan fingerprint density at radius 2 is 1.32 bits per heavy atom. The lowest BCUT2D eigenvalue weighted by molar-refractivity contribution is 0.0322. The summed E-state index contributed by atoms with van der Waals surface area (Å²) in [6.07, 6.45) is 1.38. The van der Waals surface area contributed by atoms with E-state index in [2.05, 4.69) is 9.80 Å². The fraction of sp³-hybridized carbons (Fsp3) is 0.462. The first-order valence-corrected chi connectivity index (χ1v) is 13.2. The van der Waals surface area contributed by atoms with Gasteiger partial charge >= 0.3 is 0 Å². The highest BCUT2D eigenvalue weighted by Crippen LogP contribution is 2.21. The molecule has 2 aliphatic rings. The molecule has 204 valence electrons. The number of ether oxygens (including phenoxy) is 3. The van der Waals surface area contributed by atoms with Crippen LogP contribution in [0.4, 0.5) is 0 Å². The second kappa shape index (κ2) is 18.4. The number of carbonyl (C=O) groups excluding carboxylic acids is 2. The van der Waals surface area contributed by atoms with E-state index in [1.807, 2.05) is 0 Å². The van der Waals surface area contributed by atoms with E-state index in [4.69, 9.17) is 54.1 Å². The molecule has 2 heterocycles. The molecule has 0 bridgehead atoms. The second-order valence-corrected chi connectivity index (χ2v) is 9.26. The summed E-state index contributed by atoms with van der Waals surface area (Å²) in [6, 6.07) is 9.30. The summed E-state index contributed by atoms with van der Waals surface area (Å²) in [7, 11) is 0. The molecule has 0 saturated carbocycles. The fourth-order valence-electron chi connectivity index (χ4n) is 3.37. The van der Waals surface area contributed by atoms with E-state index in [-0.39, 0.29) is 10.8 Å². The molecule has 4 rings (SSSR count). The van der Waals surface area contributed by atoms with Gasteiger partial charge in [0.05, 0.1) is 36.5 Å². The highest BCUT2D eigenvalue weighted by molar-refractivity contribution is 6.33. The summed E-state index contributed by atoms with van der Waals surface area (Å²) < 4.78 is 16.0. The molecule has 0 amide bonds. The molecule has 0 atom stereocenters. The van der Waals surface area contributed by atoms with Gasteiger partial charge in [-0.05, 0) is 36.4 Å². The normalized spacial score (nSPS) is 16.0. The van der Waals surface area contributed by atoms with Crippen LogP contribution in [0.15, 0.2) is 36.4 Å². The van der Waals surface area contributed by atoms with Gasteiger partial charge in [0.2, 0.25) is 0 Å². The number of nitrogens with zero attached hydrogens (tertiary/aromatic N) is 2. The number of phenolic OH excluding ortho intramolecular Hbond substituents is 1. The SMILES string of the molecule is ClCCN1CCOCC1.O=Cc1ccc(O)cc1Cl.O=Cc1ccc(OCCN2CCOCC2)cc1Cl. The van der Waals surface area contributed by atoms with E-state index < -0.39 is 0 Å². The van der Waals surface area contributed by atoms with Gasteiger partial charge in [-0.15, -0.1) is 11.6 Å². The zero-order chi connectivity index (χ0) is 26.9. The Bertz CT molecular complexity index is 951. The van der Waals surface area contributed by atoms with Gasteiger partial charge in [-0.1, -0.05) is 23.2 Å². The number of hydrogen-bond acceptors (Lipinski definition) is 8. The highest BCUT2D eigenvalue weighted by atomic mass is 35.5. The highest BCUT2D eigenvalue weighted by Gasteiger charge is 2.10. The summed E-state index contributed by atoms with van der Waals surface area (Å²) >= 11 is 17.0. The molecule has 2 fully saturated rings. The van der Waals surface area contributed by atoms with Crippen LogP contribution in [-0.4, -0.2) is 106 Å². The number of morpholine rings is 2. The van der Waals surface area contributed by atoms with Crippen molar-refractivity contribution in [3.63, 3.8) is 0 Å². The molecule has 0 radical (unpaired) electrons. The topological polar surface area (TPSA) is 88.5 Å². The Kier molecular flexibility index (Phi) is 15.5. The van der Waals surface area contributed by atoms with Crippen molar-refractivity contribution >= 4 is 47.4 Å². The van der Waals surface area contributed by atoms with Gasteiger partial charge in [-0.25, -0.2) is 0 Å². The molecule has 0 spiro atoms. The number of hydrogen-bond donors (Lipinski definition) is 1. The molecule has 2 aromatic carbocycles. The second-order valence-electron chi connectivity index (χ2n) is 8.07. The van der Waals surface area contributed by atoms with Crippen LogP contribution < -0.4 is 4.74 Å². The molecule has 37 heavy (non-hydrogen) atoms. The number of aromatic hydroxyl groups is 1. The molecule has 1 N–H and O–H groups in total. The molecule has 11 heteroatoms. The maximum Gasteiger partial charge on any atom is 0.151 e. The van der Waals surface area contributed by atoms with E-state index in [1.165, 1.54) is 18.2 Å². The minimum Gasteiger partial charge on any atom is -0.508 e. The first-order chi connectivity index (χ1) is 18.0. The van der Waals surface area contributed by atoms with Crippen LogP contribution >= 0.6 is 34.8 Å². The quantitative estimate of drug-likeness (QED) is 0.369. The summed E-state index contributed by atoms with van der Waals surface area (Å²) in [6.45, 7) is 9.81. The van der Waals surface area contributed by atoms with Crippen molar-refractivity contribution in [2.45, 2.75) is 0 Å². The van der Waals surface area contributed by atoms with Crippen molar-refractivity contribution in [2.24, 2.45) is 0 Å². The minimum atomic E-state index is 0.0654. The van der Waals surface area contributed by atoms with E-state index >= 15 is 0 Å². The molecule has 2 saturated heterocycles. The van der Waals surface area contributed by atoms with E-state index in [0.29, 0.717) is 34.8 Å². The Balaban J connectivity index is 0.000000214. The van der Waals surface area contributed by atoms with Crippen molar-refractivity contribution in [1.82, 2.24) is 9.80 Å². The number of rotatable bonds is 8. The molecule has 0 aliphatic carbocycles. The third kappa shape index (κ3) is 12.5. The summed E-state index contributed by atoms with van der Waals surface area (Å²) in [5, 5.41) is 9.53. The van der Waals surface area contributed by atoms with Gasteiger partial charge in [0, 0.05) is 56.3 Å². The molecular weight excluding hydrogens is 543 g/mol. The first kappa shape index (κ1) is 31.3. The van der Waals surface area contributed by atoms with Crippen LogP contribution in [0.25, 0.3) is 0 Å². The van der Waals surface area contributed by atoms with E-state index in [9.17, 15) is 9.59 Å². The number of alkyl halides is 1. The Hall–Kier alpha value is -1.91. The number of halogens is 3. The van der Waals surface area contributed by atoms with Gasteiger partial charge < -0.3 is 19.3 Å². The van der Waals surface area contributed by atoms with Gasteiger partial charge in [0.15, 0.2) is 12.6 Å². The van der Waals surface area contributed by atoms with Crippen LogP contribution in [0, 0.1) is 0 Å². The first-order valence-electron chi connectivity index (χ1n) is 11.9. The van der Waals surface area contributed by atoms with Gasteiger partial charge in [0.25, 0.3) is 0 Å². The van der Waals surface area contributed by atoms with Gasteiger partial charge in [-0.2, -0.15) is 0 Å². The Labute approximate surface area is 232 Å². The lowest BCUT2D eigenvalue weighted by Gasteiger charge is -2.26. The number of aldehydes is 2. The Morgan fingerprint density at radius 3 is 1.81 bits per heavy atom. The predicted molar refractivity (Wildman–Crippen MR) is 146 cm³/mol. The van der Waals surface area contributed by atoms with Crippen molar-refractivity contribution in [3.05, 3.63) is 57.6 Å². The fourth-order valence-corrected chi connectivity index (χ4v) is 4.04. The zero-order valence-corrected chi connectivity index (χ0v) is 22.9. The Morgan fingerprint density at radius 1 is 0.811 bits per heavy atom. The van der Waals surface area contributed by atoms with Crippen LogP contribution in [-0.2, 0) is 9.47 Å². The van der Waals surface area contributed by atoms with Crippen LogP contribution in [0.2, 0.25) is 10.0 Å². The van der Waals surface area contributed by atoms with Crippen LogP contribution in [0.3, 0.4) is 0 Å². The summed E-state index contributed by atoms with van der Waals surface area (Å²) in [5.74, 6) is 1.49. The van der Waals surface area contributed by atoms with Crippen molar-refractivity contribution in [3.8, 4) is 11.5 Å². The number of carbonyl (C=O) groups is 2. The minimum absolute atomic E-state index is 0.0654. The molecular formula is C26H33Cl3N2O6. The van der Waals surface area contributed by atoms with Crippen LogP contribution in [0.5, 0.6) is 11.5 Å². The molecule has 8 nitrogen and oxygen atoms in total. The largest absolute Gasteiger partial charge is 0.508 e. The summed E-state index contributed by atoms with van der Waals surface area (Å²) in [5.41, 5.74) is 0.872. The average molecular weight is 576 g/mol. The van der Waals surface area contributed by atoms with Crippen molar-refractivity contribution in [1.29, 1.82) is 0 Å². The smallest absolute Gasteiger partial charge is 0.151 e. The van der Waals surface area contributed by atoms with Gasteiger partial charge in [-0.3, -0.25) is 19.4 Å². The van der Waals surface area contributed by atoms with E-state index in [0.717, 1.165) is 77.9 Å². The maximum absolute atomic E-state index is 10.6. The van der Waals surface area contributed by atoms with E-state index in [1.54, 1.807) is 18.2 Å². The number of phenols is 1. The third-order valence-electron chi connectivity index (χ3n) is 5.49. The number of benzene rings is 2. The summed E-state index contributed by atoms with van der Waals surface area (Å²) in [4.78, 5) is 25.4. The lowest BCUT2D eigenvalue weighted by atomic mass is 10.2. The van der Waals surface area contributed by atoms with Gasteiger partial charge in [0.1, 0.15) is 18.1 Å². The zero-order valence-electron chi connectivity index (χ0n) is 20.6. The molecule has 2 aliphatic heterocycles. The molecule has 0 unspecified atom stereocenters. The lowest BCUT2D eigenvalue weighted by Crippen LogP contribution is -2.38. The maximum atomic E-state index is 10.6. The van der Waals surface area contributed by atoms with Crippen LogP contribution in [0.1, 0.15) is 20.7 Å².